The molecule has 8 saturated heterocycles. The number of carbonyl (C=O) groups is 2. The van der Waals surface area contributed by atoms with Gasteiger partial charge in [0.15, 0.2) is 5.79 Å². The van der Waals surface area contributed by atoms with Gasteiger partial charge in [-0.1, -0.05) is 13.2 Å². The number of methoxy groups -OCH3 is 2. The van der Waals surface area contributed by atoms with Crippen LogP contribution in [0.2, 0.25) is 0 Å². The second-order valence-corrected chi connectivity index (χ2v) is 19.6. The first-order valence-corrected chi connectivity index (χ1v) is 22.6. The van der Waals surface area contributed by atoms with E-state index in [-0.39, 0.29) is 98.2 Å². The smallest absolute Gasteiger partial charge is 0.252 e. The molecule has 0 spiro atoms. The number of nitrogens with one attached hydrogen (secondary N) is 1. The highest BCUT2D eigenvalue weighted by atomic mass is 16.7. The van der Waals surface area contributed by atoms with Crippen LogP contribution in [-0.4, -0.2) is 145 Å². The molecule has 11 bridgehead atoms. The fourth-order valence-electron chi connectivity index (χ4n) is 11.9. The number of aliphatic hydroxyl groups is 3. The molecule has 10 rings (SSSR count). The predicted octanol–water partition coefficient (Wildman–Crippen LogP) is 3.35. The van der Waals surface area contributed by atoms with E-state index in [4.69, 9.17) is 37.9 Å². The number of hydrogen-bond acceptors (Lipinski definition) is 13. The van der Waals surface area contributed by atoms with Gasteiger partial charge in [0.1, 0.15) is 17.5 Å². The molecule has 2 saturated carbocycles. The van der Waals surface area contributed by atoms with Crippen molar-refractivity contribution in [2.75, 3.05) is 20.8 Å². The summed E-state index contributed by atoms with van der Waals surface area (Å²) in [4.78, 5) is 26.8. The zero-order valence-corrected chi connectivity index (χ0v) is 34.9. The van der Waals surface area contributed by atoms with Gasteiger partial charge in [-0.15, -0.1) is 0 Å². The first-order chi connectivity index (χ1) is 28.3. The van der Waals surface area contributed by atoms with Gasteiger partial charge in [0.2, 0.25) is 0 Å². The molecule has 8 aliphatic heterocycles. The van der Waals surface area contributed by atoms with Gasteiger partial charge < -0.3 is 58.5 Å². The monoisotopic (exact) mass is 829 g/mol. The first-order valence-electron chi connectivity index (χ1n) is 22.6. The van der Waals surface area contributed by atoms with Crippen molar-refractivity contribution >= 4 is 11.7 Å². The Labute approximate surface area is 348 Å². The van der Waals surface area contributed by atoms with E-state index in [1.165, 1.54) is 0 Å². The van der Waals surface area contributed by atoms with Crippen LogP contribution < -0.4 is 5.32 Å². The summed E-state index contributed by atoms with van der Waals surface area (Å²) in [5.74, 6) is -2.24. The number of ketones is 1. The quantitative estimate of drug-likeness (QED) is 0.275. The van der Waals surface area contributed by atoms with Crippen molar-refractivity contribution in [1.29, 1.82) is 0 Å². The molecule has 59 heavy (non-hydrogen) atoms. The standard InChI is InChI=1S/C45H67NO13/c1-23-5-6-26-7-9-34-24(2)15-28(55-34)11-12-45(51)21-33(48)30-19-32-39(30)58-35-10-8-27(56-42(35)41(32)59-45)16-25(47)17-31-37(20-36(23)54-26)57-38(40(31)53-4)18-29(52-3)22-46-43(49)44(50)13-14-44/h26-42,48,50-51H,1-2,5-22H2,3-4H3,(H,46,49)/t26-,27-,28+,29+,30+,31+,32-,33-,34+,35+,36-,37+,38-,39?,40-,41-,42+,45+/m1/s1. The molecule has 4 N–H and O–H groups in total. The normalized spacial score (nSPS) is 47.5. The molecular weight excluding hydrogens is 762 g/mol. The molecule has 10 aliphatic rings. The van der Waals surface area contributed by atoms with Crippen molar-refractivity contribution in [2.45, 2.75) is 206 Å². The first kappa shape index (κ1) is 42.5. The van der Waals surface area contributed by atoms with Gasteiger partial charge in [-0.2, -0.15) is 0 Å². The van der Waals surface area contributed by atoms with E-state index in [1.807, 2.05) is 0 Å². The molecule has 14 nitrogen and oxygen atoms in total. The van der Waals surface area contributed by atoms with Crippen molar-refractivity contribution in [3.8, 4) is 0 Å². The van der Waals surface area contributed by atoms with Crippen LogP contribution in [0.1, 0.15) is 109 Å². The van der Waals surface area contributed by atoms with Crippen LogP contribution in [-0.2, 0) is 47.5 Å². The molecule has 14 heteroatoms. The fourth-order valence-corrected chi connectivity index (χ4v) is 11.9. The Morgan fingerprint density at radius 2 is 1.58 bits per heavy atom. The maximum Gasteiger partial charge on any atom is 0.252 e. The van der Waals surface area contributed by atoms with Crippen LogP contribution >= 0.6 is 0 Å². The third kappa shape index (κ3) is 8.76. The van der Waals surface area contributed by atoms with Gasteiger partial charge in [0.05, 0.1) is 79.4 Å². The minimum absolute atomic E-state index is 0.00226. The van der Waals surface area contributed by atoms with Crippen LogP contribution in [0.15, 0.2) is 24.3 Å². The number of amides is 1. The summed E-state index contributed by atoms with van der Waals surface area (Å²) in [7, 11) is 3.24. The van der Waals surface area contributed by atoms with E-state index >= 15 is 0 Å². The third-order valence-corrected chi connectivity index (χ3v) is 15.6. The Bertz CT molecular complexity index is 1590. The molecule has 0 aromatic carbocycles. The zero-order valence-electron chi connectivity index (χ0n) is 34.9. The molecule has 2 aliphatic carbocycles. The number of carbonyl (C=O) groups excluding carboxylic acids is 2. The number of fused-ring (bicyclic) bond motifs is 7. The largest absolute Gasteiger partial charge is 0.393 e. The van der Waals surface area contributed by atoms with Crippen molar-refractivity contribution in [2.24, 2.45) is 17.8 Å². The summed E-state index contributed by atoms with van der Waals surface area (Å²) in [6, 6.07) is 0. The van der Waals surface area contributed by atoms with Crippen LogP contribution in [0, 0.1) is 17.8 Å². The molecule has 10 fully saturated rings. The number of Topliss-reactive ketones (excluding diaryl/α,β-unsaturated/α-hetero) is 1. The van der Waals surface area contributed by atoms with Gasteiger partial charge in [-0.3, -0.25) is 9.59 Å². The molecule has 1 unspecified atom stereocenters. The van der Waals surface area contributed by atoms with Crippen LogP contribution in [0.25, 0.3) is 0 Å². The van der Waals surface area contributed by atoms with Gasteiger partial charge in [-0.25, -0.2) is 0 Å². The zero-order chi connectivity index (χ0) is 41.2. The number of rotatable bonds is 7. The number of ether oxygens (including phenoxy) is 8. The average Bonchev–Trinajstić information content (AvgIpc) is 3.73. The van der Waals surface area contributed by atoms with E-state index in [0.29, 0.717) is 57.8 Å². The molecule has 8 heterocycles. The second-order valence-electron chi connectivity index (χ2n) is 19.6. The van der Waals surface area contributed by atoms with Crippen LogP contribution in [0.4, 0.5) is 0 Å². The Morgan fingerprint density at radius 3 is 2.36 bits per heavy atom. The van der Waals surface area contributed by atoms with Crippen molar-refractivity contribution in [3.63, 3.8) is 0 Å². The lowest BCUT2D eigenvalue weighted by molar-refractivity contribution is -0.369. The third-order valence-electron chi connectivity index (χ3n) is 15.6. The van der Waals surface area contributed by atoms with Gasteiger partial charge in [0, 0.05) is 77.0 Å². The van der Waals surface area contributed by atoms with Crippen LogP contribution in [0.3, 0.4) is 0 Å². The van der Waals surface area contributed by atoms with Gasteiger partial charge in [-0.05, 0) is 81.8 Å². The lowest BCUT2D eigenvalue weighted by atomic mass is 9.61. The minimum Gasteiger partial charge on any atom is -0.393 e. The highest BCUT2D eigenvalue weighted by molar-refractivity contribution is 5.87. The average molecular weight is 830 g/mol. The Morgan fingerprint density at radius 1 is 0.797 bits per heavy atom. The Hall–Kier alpha value is -1.82. The van der Waals surface area contributed by atoms with Crippen molar-refractivity contribution in [1.82, 2.24) is 5.32 Å². The Kier molecular flexibility index (Phi) is 12.3. The molecule has 0 radical (unpaired) electrons. The minimum atomic E-state index is -1.55. The molecule has 330 valence electrons. The van der Waals surface area contributed by atoms with E-state index in [0.717, 1.165) is 43.3 Å². The van der Waals surface area contributed by atoms with Gasteiger partial charge >= 0.3 is 0 Å². The van der Waals surface area contributed by atoms with E-state index in [9.17, 15) is 24.9 Å². The lowest BCUT2D eigenvalue weighted by Crippen LogP contribution is -2.70. The SMILES string of the molecule is C=C1C[C@@H]2CC[C@@]3(O)C[C@@H](O)[C@@H]4C[C@@H]5C4O[C@H]4CC[C@H](CC(=O)C[C@@H]6[C@@H](OC)[C@@H](C[C@@H](CNC(=O)C7(O)CC7)OC)O[C@H]6C[C@H]6O[C@H](CCC6=C)CC[C@@H]1O2)O[C@@H]4[C@@H]5O3. The summed E-state index contributed by atoms with van der Waals surface area (Å²) in [5, 5.41) is 36.6. The summed E-state index contributed by atoms with van der Waals surface area (Å²) < 4.78 is 52.3. The van der Waals surface area contributed by atoms with E-state index < -0.39 is 53.9 Å². The maximum absolute atomic E-state index is 14.3. The second kappa shape index (κ2) is 17.0. The topological polar surface area (TPSA) is 181 Å². The van der Waals surface area contributed by atoms with Crippen molar-refractivity contribution < 1.29 is 62.8 Å². The molecule has 1 amide bonds. The molecule has 18 atom stereocenters. The number of hydrogen-bond donors (Lipinski definition) is 4. The number of aliphatic hydroxyl groups excluding tert-OH is 1. The fraction of sp³-hybridized carbons (Fsp3) is 0.867. The van der Waals surface area contributed by atoms with E-state index in [2.05, 4.69) is 18.5 Å². The Balaban J connectivity index is 0.956. The van der Waals surface area contributed by atoms with Gasteiger partial charge in [0.25, 0.3) is 5.91 Å². The summed E-state index contributed by atoms with van der Waals surface area (Å²) in [5.41, 5.74) is 0.782. The van der Waals surface area contributed by atoms with Crippen LogP contribution in [0.5, 0.6) is 0 Å². The highest BCUT2D eigenvalue weighted by Gasteiger charge is 2.62. The summed E-state index contributed by atoms with van der Waals surface area (Å²) in [6.45, 7) is 9.00. The molecule has 0 aromatic rings. The van der Waals surface area contributed by atoms with Crippen molar-refractivity contribution in [3.05, 3.63) is 24.3 Å². The molecular formula is C45H67NO13. The predicted molar refractivity (Wildman–Crippen MR) is 211 cm³/mol. The molecule has 0 aromatic heterocycles. The maximum atomic E-state index is 14.3. The lowest BCUT2D eigenvalue weighted by Gasteiger charge is -2.61. The summed E-state index contributed by atoms with van der Waals surface area (Å²) in [6.07, 6.45) is 4.90. The summed E-state index contributed by atoms with van der Waals surface area (Å²) >= 11 is 0. The highest BCUT2D eigenvalue weighted by Crippen LogP contribution is 2.54. The van der Waals surface area contributed by atoms with E-state index in [1.54, 1.807) is 14.2 Å².